The Labute approximate surface area is 309 Å². The van der Waals surface area contributed by atoms with E-state index in [2.05, 4.69) is 199 Å². The van der Waals surface area contributed by atoms with Gasteiger partial charge in [0, 0.05) is 32.0 Å². The lowest BCUT2D eigenvalue weighted by molar-refractivity contribution is 0.257. The fourth-order valence-electron chi connectivity index (χ4n) is 7.42. The van der Waals surface area contributed by atoms with Gasteiger partial charge >= 0.3 is 0 Å². The summed E-state index contributed by atoms with van der Waals surface area (Å²) in [4.78, 5) is 2.27. The molecule has 0 aliphatic rings. The van der Waals surface area contributed by atoms with E-state index in [1.165, 1.54) is 20.7 Å². The van der Waals surface area contributed by atoms with Crippen molar-refractivity contribution in [2.45, 2.75) is 64.5 Å². The van der Waals surface area contributed by atoms with Crippen molar-refractivity contribution in [3.8, 4) is 5.75 Å². The van der Waals surface area contributed by atoms with Gasteiger partial charge in [0.05, 0.1) is 13.2 Å². The number of hydrogen-bond donors (Lipinski definition) is 0. The second-order valence-electron chi connectivity index (χ2n) is 15.5. The zero-order valence-corrected chi connectivity index (χ0v) is 33.8. The van der Waals surface area contributed by atoms with Gasteiger partial charge in [-0.25, -0.2) is 0 Å². The number of ether oxygens (including phenoxy) is 1. The van der Waals surface area contributed by atoms with E-state index in [0.717, 1.165) is 30.8 Å². The van der Waals surface area contributed by atoms with Crippen molar-refractivity contribution >= 4 is 43.1 Å². The molecule has 0 saturated carbocycles. The molecule has 51 heavy (non-hydrogen) atoms. The maximum Gasteiger partial charge on any atom is 0.261 e. The summed E-state index contributed by atoms with van der Waals surface area (Å²) in [5.74, 6) is 0.889. The largest absolute Gasteiger partial charge is 0.494 e. The van der Waals surface area contributed by atoms with Crippen LogP contribution in [0.15, 0.2) is 146 Å². The van der Waals surface area contributed by atoms with E-state index in [1.54, 1.807) is 0 Å². The molecule has 0 unspecified atom stereocenters. The molecule has 0 aromatic heterocycles. The van der Waals surface area contributed by atoms with Crippen LogP contribution in [0.5, 0.6) is 5.75 Å². The first-order chi connectivity index (χ1) is 24.5. The molecule has 0 radical (unpaired) electrons. The van der Waals surface area contributed by atoms with Gasteiger partial charge in [0.25, 0.3) is 16.6 Å². The van der Waals surface area contributed by atoms with Crippen LogP contribution in [-0.2, 0) is 8.85 Å². The second-order valence-corrected chi connectivity index (χ2v) is 24.1. The highest BCUT2D eigenvalue weighted by atomic mass is 28.4. The molecule has 0 saturated heterocycles. The quantitative estimate of drug-likeness (QED) is 0.0759. The normalized spacial score (nSPS) is 12.5. The second kappa shape index (κ2) is 17.0. The lowest BCUT2D eigenvalue weighted by Crippen LogP contribution is -2.67. The van der Waals surface area contributed by atoms with Crippen LogP contribution in [0.25, 0.3) is 0 Å². The van der Waals surface area contributed by atoms with Crippen LogP contribution in [0.2, 0.25) is 10.1 Å². The summed E-state index contributed by atoms with van der Waals surface area (Å²) in [6.45, 7) is 16.7. The minimum Gasteiger partial charge on any atom is -0.494 e. The van der Waals surface area contributed by atoms with E-state index in [9.17, 15) is 0 Å². The van der Waals surface area contributed by atoms with Crippen molar-refractivity contribution in [1.82, 2.24) is 0 Å². The zero-order valence-electron chi connectivity index (χ0n) is 31.8. The smallest absolute Gasteiger partial charge is 0.261 e. The first kappa shape index (κ1) is 38.3. The molecule has 5 aromatic carbocycles. The number of rotatable bonds is 16. The Morgan fingerprint density at radius 1 is 0.471 bits per heavy atom. The van der Waals surface area contributed by atoms with E-state index in [-0.39, 0.29) is 10.1 Å². The predicted molar refractivity (Wildman–Crippen MR) is 222 cm³/mol. The fourth-order valence-corrected chi connectivity index (χ4v) is 16.6. The molecule has 0 amide bonds. The lowest BCUT2D eigenvalue weighted by Gasteiger charge is -2.43. The molecule has 0 bridgehead atoms. The summed E-state index contributed by atoms with van der Waals surface area (Å²) in [6, 6.07) is 51.8. The van der Waals surface area contributed by atoms with Crippen molar-refractivity contribution in [2.75, 3.05) is 38.3 Å². The number of anilines is 1. The van der Waals surface area contributed by atoms with Gasteiger partial charge < -0.3 is 18.5 Å². The molecular formula is C45H57NO3Si2. The molecule has 0 spiro atoms. The molecule has 0 heterocycles. The maximum absolute atomic E-state index is 7.15. The Morgan fingerprint density at radius 2 is 0.863 bits per heavy atom. The van der Waals surface area contributed by atoms with E-state index in [1.807, 2.05) is 0 Å². The predicted octanol–water partition coefficient (Wildman–Crippen LogP) is 8.44. The number of benzene rings is 5. The van der Waals surface area contributed by atoms with Gasteiger partial charge in [0.2, 0.25) is 0 Å². The fraction of sp³-hybridized carbons (Fsp3) is 0.333. The lowest BCUT2D eigenvalue weighted by atomic mass is 10.2. The summed E-state index contributed by atoms with van der Waals surface area (Å²) in [5, 5.41) is 5.17. The van der Waals surface area contributed by atoms with Crippen molar-refractivity contribution in [1.29, 1.82) is 0 Å². The molecule has 5 aromatic rings. The van der Waals surface area contributed by atoms with Crippen LogP contribution in [0.1, 0.15) is 54.4 Å². The topological polar surface area (TPSA) is 30.9 Å². The molecular weight excluding hydrogens is 659 g/mol. The molecule has 0 aliphatic carbocycles. The average molecular weight is 716 g/mol. The molecule has 268 valence electrons. The Morgan fingerprint density at radius 3 is 1.27 bits per heavy atom. The van der Waals surface area contributed by atoms with Crippen LogP contribution in [0, 0.1) is 0 Å². The molecule has 0 fully saturated rings. The standard InChI is InChI=1S/C45H57NO3Si2/c1-44(2,3)50(40-25-12-8-13-26-40,41-27-14-9-15-28-41)48-35-21-20-34-47-39-24-22-23-38(37-39)46(7)33-36-49-51(45(4,5)6,42-29-16-10-17-30-42)43-31-18-11-19-32-43/h8-19,22-32,37H,20-21,33-36H2,1-7H3. The van der Waals surface area contributed by atoms with Crippen LogP contribution in [0.4, 0.5) is 5.69 Å². The van der Waals surface area contributed by atoms with Crippen LogP contribution in [0.3, 0.4) is 0 Å². The van der Waals surface area contributed by atoms with Crippen molar-refractivity contribution in [2.24, 2.45) is 0 Å². The molecule has 0 atom stereocenters. The van der Waals surface area contributed by atoms with Crippen molar-refractivity contribution in [3.05, 3.63) is 146 Å². The summed E-state index contributed by atoms with van der Waals surface area (Å²) in [5.41, 5.74) is 1.12. The van der Waals surface area contributed by atoms with E-state index < -0.39 is 16.6 Å². The van der Waals surface area contributed by atoms with Gasteiger partial charge in [-0.15, -0.1) is 0 Å². The minimum atomic E-state index is -2.58. The Bertz CT molecular complexity index is 1680. The van der Waals surface area contributed by atoms with Crippen LogP contribution in [-0.4, -0.2) is 50.0 Å². The van der Waals surface area contributed by atoms with Gasteiger partial charge in [-0.3, -0.25) is 0 Å². The maximum atomic E-state index is 7.15. The highest BCUT2D eigenvalue weighted by Gasteiger charge is 2.51. The third kappa shape index (κ3) is 8.75. The molecule has 5 rings (SSSR count). The molecule has 0 aliphatic heterocycles. The first-order valence-corrected chi connectivity index (χ1v) is 22.2. The van der Waals surface area contributed by atoms with Crippen LogP contribution >= 0.6 is 0 Å². The average Bonchev–Trinajstić information content (AvgIpc) is 3.13. The van der Waals surface area contributed by atoms with Crippen molar-refractivity contribution in [3.63, 3.8) is 0 Å². The minimum absolute atomic E-state index is 0.0246. The van der Waals surface area contributed by atoms with Gasteiger partial charge in [0.1, 0.15) is 5.75 Å². The summed E-state index contributed by atoms with van der Waals surface area (Å²) in [7, 11) is -2.96. The summed E-state index contributed by atoms with van der Waals surface area (Å²) < 4.78 is 20.5. The molecule has 6 heteroatoms. The molecule has 4 nitrogen and oxygen atoms in total. The highest BCUT2D eigenvalue weighted by Crippen LogP contribution is 2.38. The van der Waals surface area contributed by atoms with Crippen LogP contribution < -0.4 is 30.4 Å². The van der Waals surface area contributed by atoms with Gasteiger partial charge in [0.15, 0.2) is 0 Å². The number of likely N-dealkylation sites (N-methyl/N-ethyl adjacent to an activating group) is 1. The Hall–Kier alpha value is -3.95. The summed E-state index contributed by atoms with van der Waals surface area (Å²) >= 11 is 0. The molecule has 0 N–H and O–H groups in total. The van der Waals surface area contributed by atoms with Gasteiger partial charge in [-0.1, -0.05) is 169 Å². The first-order valence-electron chi connectivity index (χ1n) is 18.4. The monoisotopic (exact) mass is 715 g/mol. The van der Waals surface area contributed by atoms with Crippen molar-refractivity contribution < 1.29 is 13.6 Å². The van der Waals surface area contributed by atoms with Gasteiger partial charge in [-0.2, -0.15) is 0 Å². The third-order valence-corrected chi connectivity index (χ3v) is 20.0. The number of hydrogen-bond acceptors (Lipinski definition) is 4. The third-order valence-electron chi connectivity index (χ3n) is 9.96. The van der Waals surface area contributed by atoms with E-state index in [0.29, 0.717) is 19.8 Å². The van der Waals surface area contributed by atoms with E-state index in [4.69, 9.17) is 13.6 Å². The summed E-state index contributed by atoms with van der Waals surface area (Å²) in [6.07, 6.45) is 1.86. The Kier molecular flexibility index (Phi) is 12.8. The highest BCUT2D eigenvalue weighted by molar-refractivity contribution is 7.00. The zero-order chi connectivity index (χ0) is 36.4. The van der Waals surface area contributed by atoms with E-state index >= 15 is 0 Å². The SMILES string of the molecule is CN(CCO[Si](c1ccccc1)(c1ccccc1)C(C)(C)C)c1cccc(OCCCCO[Si](c2ccccc2)(c2ccccc2)C(C)(C)C)c1. The number of unbranched alkanes of at least 4 members (excludes halogenated alkanes) is 1. The Balaban J connectivity index is 1.18. The number of nitrogens with zero attached hydrogens (tertiary/aromatic N) is 1. The van der Waals surface area contributed by atoms with Gasteiger partial charge in [-0.05, 0) is 55.8 Å².